The molecule has 0 spiro atoms. The molecule has 1 fully saturated rings. The number of halogens is 1. The van der Waals surface area contributed by atoms with Gasteiger partial charge < -0.3 is 31.2 Å². The Hall–Kier alpha value is -3.77. The lowest BCUT2D eigenvalue weighted by molar-refractivity contribution is 0.0996. The van der Waals surface area contributed by atoms with E-state index in [1.54, 1.807) is 13.3 Å². The molecule has 192 valence electrons. The molecule has 12 heteroatoms. The number of methoxy groups -OCH3 is 1. The van der Waals surface area contributed by atoms with E-state index in [2.05, 4.69) is 25.3 Å². The lowest BCUT2D eigenvalue weighted by Crippen LogP contribution is -2.36. The first-order valence-electron chi connectivity index (χ1n) is 11.8. The molecule has 0 bridgehead atoms. The van der Waals surface area contributed by atoms with E-state index < -0.39 is 11.7 Å². The highest BCUT2D eigenvalue weighted by Crippen LogP contribution is 2.31. The Morgan fingerprint density at radius 1 is 1.28 bits per heavy atom. The van der Waals surface area contributed by atoms with E-state index in [9.17, 15) is 9.18 Å². The number of piperidine rings is 1. The van der Waals surface area contributed by atoms with Crippen LogP contribution >= 0.6 is 0 Å². The topological polar surface area (TPSA) is 146 Å². The highest BCUT2D eigenvalue weighted by Gasteiger charge is 2.23. The van der Waals surface area contributed by atoms with Crippen molar-refractivity contribution in [3.05, 3.63) is 47.8 Å². The molecule has 0 aliphatic carbocycles. The summed E-state index contributed by atoms with van der Waals surface area (Å²) < 4.78 is 27.1. The van der Waals surface area contributed by atoms with Crippen LogP contribution in [0.3, 0.4) is 0 Å². The van der Waals surface area contributed by atoms with Crippen molar-refractivity contribution >= 4 is 23.1 Å². The SMILES string of the molecule is CCc1nc(C(N)=O)c(Nc2cnn(C3CCN(CCOC)CC3)c2)nc1Oc1cc(N)ccc1F. The molecule has 0 radical (unpaired) electrons. The Labute approximate surface area is 208 Å². The van der Waals surface area contributed by atoms with Crippen LogP contribution in [0.5, 0.6) is 11.6 Å². The Balaban J connectivity index is 1.54. The van der Waals surface area contributed by atoms with Gasteiger partial charge in [-0.2, -0.15) is 10.1 Å². The normalized spacial score (nSPS) is 14.6. The molecule has 1 aliphatic heterocycles. The van der Waals surface area contributed by atoms with E-state index in [1.165, 1.54) is 18.2 Å². The molecule has 11 nitrogen and oxygen atoms in total. The maximum absolute atomic E-state index is 14.3. The number of nitrogens with two attached hydrogens (primary N) is 2. The molecule has 2 aromatic heterocycles. The van der Waals surface area contributed by atoms with E-state index in [-0.39, 0.29) is 29.2 Å². The van der Waals surface area contributed by atoms with Crippen molar-refractivity contribution in [2.45, 2.75) is 32.2 Å². The van der Waals surface area contributed by atoms with Gasteiger partial charge in [-0.3, -0.25) is 9.48 Å². The zero-order valence-corrected chi connectivity index (χ0v) is 20.4. The molecule has 1 aromatic carbocycles. The maximum atomic E-state index is 14.3. The van der Waals surface area contributed by atoms with Crippen molar-refractivity contribution in [3.63, 3.8) is 0 Å². The summed E-state index contributed by atoms with van der Waals surface area (Å²) in [6.07, 6.45) is 5.81. The van der Waals surface area contributed by atoms with Gasteiger partial charge in [-0.05, 0) is 31.4 Å². The van der Waals surface area contributed by atoms with Crippen LogP contribution < -0.4 is 21.5 Å². The number of primary amides is 1. The number of hydrogen-bond acceptors (Lipinski definition) is 9. The van der Waals surface area contributed by atoms with Crippen LogP contribution in [0, 0.1) is 5.82 Å². The van der Waals surface area contributed by atoms with Crippen LogP contribution in [-0.4, -0.2) is 63.9 Å². The van der Waals surface area contributed by atoms with Gasteiger partial charge in [0.2, 0.25) is 5.88 Å². The molecular formula is C24H31FN8O3. The number of aryl methyl sites for hydroxylation is 1. The first kappa shape index (κ1) is 25.3. The van der Waals surface area contributed by atoms with Gasteiger partial charge in [0, 0.05) is 44.7 Å². The molecule has 1 aliphatic rings. The summed E-state index contributed by atoms with van der Waals surface area (Å²) in [5, 5.41) is 7.57. The summed E-state index contributed by atoms with van der Waals surface area (Å²) in [7, 11) is 1.71. The Kier molecular flexibility index (Phi) is 7.96. The fraction of sp³-hybridized carbons (Fsp3) is 0.417. The van der Waals surface area contributed by atoms with Gasteiger partial charge in [0.15, 0.2) is 23.1 Å². The zero-order valence-electron chi connectivity index (χ0n) is 20.4. The highest BCUT2D eigenvalue weighted by molar-refractivity contribution is 5.96. The number of anilines is 3. The largest absolute Gasteiger partial charge is 0.434 e. The average Bonchev–Trinajstić information content (AvgIpc) is 3.33. The zero-order chi connectivity index (χ0) is 25.7. The van der Waals surface area contributed by atoms with E-state index in [4.69, 9.17) is 20.9 Å². The maximum Gasteiger partial charge on any atom is 0.271 e. The Morgan fingerprint density at radius 2 is 2.06 bits per heavy atom. The van der Waals surface area contributed by atoms with Crippen molar-refractivity contribution in [2.24, 2.45) is 5.73 Å². The standard InChI is InChI=1S/C24H31FN8O3/c1-3-19-24(36-20-12-15(26)4-5-18(20)25)31-23(21(30-19)22(27)34)29-16-13-28-33(14-16)17-6-8-32(9-7-17)10-11-35-2/h4-5,12-14,17H,3,6-11,26H2,1-2H3,(H2,27,34)(H,29,31). The van der Waals surface area contributed by atoms with Gasteiger partial charge in [-0.25, -0.2) is 9.37 Å². The quantitative estimate of drug-likeness (QED) is 0.359. The minimum atomic E-state index is -0.753. The number of nitrogens with one attached hydrogen (secondary N) is 1. The summed E-state index contributed by atoms with van der Waals surface area (Å²) >= 11 is 0. The molecule has 0 atom stereocenters. The fourth-order valence-corrected chi connectivity index (χ4v) is 4.09. The monoisotopic (exact) mass is 498 g/mol. The van der Waals surface area contributed by atoms with Crippen LogP contribution in [0.15, 0.2) is 30.6 Å². The predicted octanol–water partition coefficient (Wildman–Crippen LogP) is 2.87. The van der Waals surface area contributed by atoms with Crippen LogP contribution in [0.1, 0.15) is 42.0 Å². The summed E-state index contributed by atoms with van der Waals surface area (Å²) in [5.41, 5.74) is 12.6. The number of carbonyl (C=O) groups excluding carboxylic acids is 1. The van der Waals surface area contributed by atoms with Gasteiger partial charge in [0.25, 0.3) is 5.91 Å². The lowest BCUT2D eigenvalue weighted by Gasteiger charge is -2.31. The second-order valence-corrected chi connectivity index (χ2v) is 8.58. The summed E-state index contributed by atoms with van der Waals surface area (Å²) in [6, 6.07) is 4.25. The van der Waals surface area contributed by atoms with E-state index in [0.717, 1.165) is 39.1 Å². The number of aromatic nitrogens is 4. The number of benzene rings is 1. The summed E-state index contributed by atoms with van der Waals surface area (Å²) in [4.78, 5) is 23.3. The number of rotatable bonds is 10. The number of nitrogens with zero attached hydrogens (tertiary/aromatic N) is 5. The molecule has 5 N–H and O–H groups in total. The molecule has 4 rings (SSSR count). The number of amides is 1. The van der Waals surface area contributed by atoms with E-state index >= 15 is 0 Å². The molecule has 0 unspecified atom stereocenters. The number of likely N-dealkylation sites (tertiary alicyclic amines) is 1. The van der Waals surface area contributed by atoms with Crippen molar-refractivity contribution in [1.82, 2.24) is 24.6 Å². The second kappa shape index (κ2) is 11.3. The third-order valence-electron chi connectivity index (χ3n) is 6.07. The predicted molar refractivity (Wildman–Crippen MR) is 133 cm³/mol. The lowest BCUT2D eigenvalue weighted by atomic mass is 10.1. The number of nitrogen functional groups attached to an aromatic ring is 1. The molecule has 3 aromatic rings. The van der Waals surface area contributed by atoms with Crippen molar-refractivity contribution in [1.29, 1.82) is 0 Å². The highest BCUT2D eigenvalue weighted by atomic mass is 19.1. The van der Waals surface area contributed by atoms with Crippen molar-refractivity contribution in [2.75, 3.05) is 44.4 Å². The van der Waals surface area contributed by atoms with Gasteiger partial charge in [-0.15, -0.1) is 0 Å². The molecule has 1 amide bonds. The Morgan fingerprint density at radius 3 is 2.75 bits per heavy atom. The van der Waals surface area contributed by atoms with Gasteiger partial charge >= 0.3 is 0 Å². The number of hydrogen-bond donors (Lipinski definition) is 3. The van der Waals surface area contributed by atoms with Crippen molar-refractivity contribution < 1.29 is 18.7 Å². The number of carbonyl (C=O) groups is 1. The third-order valence-corrected chi connectivity index (χ3v) is 6.07. The first-order chi connectivity index (χ1) is 17.4. The minimum Gasteiger partial charge on any atom is -0.434 e. The molecule has 3 heterocycles. The molecule has 36 heavy (non-hydrogen) atoms. The van der Waals surface area contributed by atoms with Crippen molar-refractivity contribution in [3.8, 4) is 11.6 Å². The second-order valence-electron chi connectivity index (χ2n) is 8.58. The van der Waals surface area contributed by atoms with Crippen LogP contribution in [0.25, 0.3) is 0 Å². The number of ether oxygens (including phenoxy) is 2. The Bertz CT molecular complexity index is 1210. The van der Waals surface area contributed by atoms with Gasteiger partial charge in [-0.1, -0.05) is 6.92 Å². The van der Waals surface area contributed by atoms with Crippen LogP contribution in [0.4, 0.5) is 21.6 Å². The van der Waals surface area contributed by atoms with E-state index in [0.29, 0.717) is 23.5 Å². The average molecular weight is 499 g/mol. The minimum absolute atomic E-state index is 0.0466. The van der Waals surface area contributed by atoms with E-state index in [1.807, 2.05) is 17.8 Å². The summed E-state index contributed by atoms with van der Waals surface area (Å²) in [6.45, 7) is 5.38. The molecule has 1 saturated heterocycles. The van der Waals surface area contributed by atoms with Gasteiger partial charge in [0.1, 0.15) is 5.69 Å². The van der Waals surface area contributed by atoms with Crippen LogP contribution in [0.2, 0.25) is 0 Å². The molecular weight excluding hydrogens is 467 g/mol. The smallest absolute Gasteiger partial charge is 0.271 e. The first-order valence-corrected chi connectivity index (χ1v) is 11.8. The summed E-state index contributed by atoms with van der Waals surface area (Å²) in [5.74, 6) is -1.31. The molecule has 0 saturated carbocycles. The fourth-order valence-electron chi connectivity index (χ4n) is 4.09. The van der Waals surface area contributed by atoms with Gasteiger partial charge in [0.05, 0.1) is 24.5 Å². The third kappa shape index (κ3) is 5.89. The van der Waals surface area contributed by atoms with Crippen LogP contribution in [-0.2, 0) is 11.2 Å².